The number of benzene rings is 2. The van der Waals surface area contributed by atoms with E-state index < -0.39 is 0 Å². The molecule has 3 aromatic rings. The van der Waals surface area contributed by atoms with Gasteiger partial charge < -0.3 is 20.5 Å². The van der Waals surface area contributed by atoms with E-state index in [9.17, 15) is 4.79 Å². The van der Waals surface area contributed by atoms with E-state index in [1.165, 1.54) is 4.90 Å². The van der Waals surface area contributed by atoms with E-state index in [1.54, 1.807) is 11.8 Å². The number of imidazole rings is 1. The molecule has 2 aromatic carbocycles. The fraction of sp³-hybridized carbons (Fsp3) is 0.500. The molecule has 0 spiro atoms. The number of fused-ring (bicyclic) bond motifs is 1. The van der Waals surface area contributed by atoms with Crippen LogP contribution in [0.2, 0.25) is 0 Å². The Kier molecular flexibility index (Phi) is 10.0. The summed E-state index contributed by atoms with van der Waals surface area (Å²) >= 11 is 1.72. The molecule has 1 heterocycles. The van der Waals surface area contributed by atoms with Crippen molar-refractivity contribution in [2.24, 2.45) is 17.6 Å². The van der Waals surface area contributed by atoms with Gasteiger partial charge in [0.2, 0.25) is 5.95 Å². The fourth-order valence-electron chi connectivity index (χ4n) is 3.96. The molecule has 0 aliphatic carbocycles. The molecule has 0 saturated heterocycles. The van der Waals surface area contributed by atoms with Crippen molar-refractivity contribution in [3.63, 3.8) is 0 Å². The minimum Gasteiger partial charge on any atom is -0.339 e. The number of carbonyl (C=O) groups is 1. The molecule has 1 aromatic heterocycles. The molecular weight excluding hydrogens is 454 g/mol. The molecule has 7 heteroatoms. The van der Waals surface area contributed by atoms with Gasteiger partial charge in [-0.05, 0) is 86.4 Å². The van der Waals surface area contributed by atoms with Gasteiger partial charge in [0.25, 0.3) is 5.91 Å². The summed E-state index contributed by atoms with van der Waals surface area (Å²) in [6.45, 7) is 11.7. The molecule has 0 aliphatic heterocycles. The Morgan fingerprint density at radius 3 is 2.29 bits per heavy atom. The number of aryl methyl sites for hydroxylation is 1. The Morgan fingerprint density at radius 2 is 1.71 bits per heavy atom. The average Bonchev–Trinajstić information content (AvgIpc) is 3.18. The zero-order valence-electron chi connectivity index (χ0n) is 21.9. The van der Waals surface area contributed by atoms with Crippen LogP contribution in [0.3, 0.4) is 0 Å². The van der Waals surface area contributed by atoms with Crippen molar-refractivity contribution in [1.82, 2.24) is 14.5 Å². The van der Waals surface area contributed by atoms with Crippen LogP contribution in [0.25, 0.3) is 11.0 Å². The Bertz CT molecular complexity index is 1080. The number of nitrogens with one attached hydrogen (secondary N) is 1. The predicted molar refractivity (Wildman–Crippen MR) is 150 cm³/mol. The largest absolute Gasteiger partial charge is 0.339 e. The third-order valence-corrected chi connectivity index (χ3v) is 6.91. The number of amides is 1. The van der Waals surface area contributed by atoms with Gasteiger partial charge in [-0.3, -0.25) is 4.79 Å². The number of anilines is 2. The summed E-state index contributed by atoms with van der Waals surface area (Å²) in [4.78, 5) is 21.6. The maximum atomic E-state index is 13.6. The van der Waals surface area contributed by atoms with Gasteiger partial charge in [0, 0.05) is 35.8 Å². The zero-order valence-corrected chi connectivity index (χ0v) is 22.7. The van der Waals surface area contributed by atoms with Crippen molar-refractivity contribution >= 4 is 40.3 Å². The van der Waals surface area contributed by atoms with Crippen molar-refractivity contribution < 1.29 is 4.79 Å². The first kappa shape index (κ1) is 27.1. The molecule has 190 valence electrons. The topological polar surface area (TPSA) is 76.2 Å². The first-order valence-electron chi connectivity index (χ1n) is 12.7. The maximum Gasteiger partial charge on any atom is 0.253 e. The van der Waals surface area contributed by atoms with Crippen LogP contribution in [0.1, 0.15) is 57.3 Å². The lowest BCUT2D eigenvalue weighted by Gasteiger charge is -2.24. The molecule has 0 unspecified atom stereocenters. The van der Waals surface area contributed by atoms with Gasteiger partial charge in [-0.15, -0.1) is 11.8 Å². The second-order valence-corrected chi connectivity index (χ2v) is 10.8. The number of nitrogens with zero attached hydrogens (tertiary/aromatic N) is 3. The number of thioether (sulfide) groups is 1. The fourth-order valence-corrected chi connectivity index (χ4v) is 4.36. The molecule has 0 saturated carbocycles. The van der Waals surface area contributed by atoms with E-state index in [1.807, 2.05) is 23.1 Å². The van der Waals surface area contributed by atoms with E-state index in [0.29, 0.717) is 18.4 Å². The van der Waals surface area contributed by atoms with E-state index in [-0.39, 0.29) is 5.91 Å². The highest BCUT2D eigenvalue weighted by molar-refractivity contribution is 7.98. The van der Waals surface area contributed by atoms with Gasteiger partial charge in [-0.25, -0.2) is 4.98 Å². The first-order valence-corrected chi connectivity index (χ1v) is 14.0. The molecule has 6 nitrogen and oxygen atoms in total. The van der Waals surface area contributed by atoms with Crippen molar-refractivity contribution in [3.05, 3.63) is 48.0 Å². The second-order valence-electron chi connectivity index (χ2n) is 9.94. The molecule has 0 radical (unpaired) electrons. The van der Waals surface area contributed by atoms with Crippen LogP contribution in [0, 0.1) is 11.8 Å². The van der Waals surface area contributed by atoms with Crippen LogP contribution >= 0.6 is 11.8 Å². The van der Waals surface area contributed by atoms with Crippen molar-refractivity contribution in [1.29, 1.82) is 0 Å². The quantitative estimate of drug-likeness (QED) is 0.269. The molecule has 3 rings (SSSR count). The smallest absolute Gasteiger partial charge is 0.253 e. The third-order valence-electron chi connectivity index (χ3n) is 6.17. The molecule has 0 atom stereocenters. The number of hydrogen-bond donors (Lipinski definition) is 2. The van der Waals surface area contributed by atoms with Crippen LogP contribution in [0.5, 0.6) is 0 Å². The molecular formula is C28H41N5OS. The predicted octanol–water partition coefficient (Wildman–Crippen LogP) is 6.39. The summed E-state index contributed by atoms with van der Waals surface area (Å²) in [6, 6.07) is 14.2. The molecule has 35 heavy (non-hydrogen) atoms. The summed E-state index contributed by atoms with van der Waals surface area (Å²) in [5, 5.41) is 3.47. The summed E-state index contributed by atoms with van der Waals surface area (Å²) < 4.78 is 2.15. The molecule has 0 aliphatic rings. The van der Waals surface area contributed by atoms with Crippen LogP contribution in [0.4, 0.5) is 11.6 Å². The number of carbonyl (C=O) groups excluding carboxylic acids is 1. The Labute approximate surface area is 214 Å². The Morgan fingerprint density at radius 1 is 1.06 bits per heavy atom. The summed E-state index contributed by atoms with van der Waals surface area (Å²) in [5.41, 5.74) is 9.37. The minimum atomic E-state index is 0.0990. The van der Waals surface area contributed by atoms with Crippen molar-refractivity contribution in [3.8, 4) is 0 Å². The summed E-state index contributed by atoms with van der Waals surface area (Å²) in [6.07, 6.45) is 4.91. The minimum absolute atomic E-state index is 0.0990. The highest BCUT2D eigenvalue weighted by atomic mass is 32.2. The number of nitrogens with two attached hydrogens (primary N) is 1. The Balaban J connectivity index is 1.92. The van der Waals surface area contributed by atoms with Crippen LogP contribution < -0.4 is 11.1 Å². The van der Waals surface area contributed by atoms with Gasteiger partial charge in [0.1, 0.15) is 0 Å². The van der Waals surface area contributed by atoms with E-state index in [4.69, 9.17) is 10.7 Å². The normalized spacial score (nSPS) is 11.5. The number of hydrogen-bond acceptors (Lipinski definition) is 5. The van der Waals surface area contributed by atoms with Crippen LogP contribution in [-0.4, -0.2) is 46.2 Å². The van der Waals surface area contributed by atoms with Crippen molar-refractivity contribution in [2.75, 3.05) is 31.2 Å². The molecule has 0 bridgehead atoms. The van der Waals surface area contributed by atoms with Gasteiger partial charge in [-0.1, -0.05) is 27.7 Å². The zero-order chi connectivity index (χ0) is 25.4. The standard InChI is InChI=1S/C28H41N5OS/c1-20(2)13-17-32(18-14-21(3)4)27(34)22-7-12-25-26(19-22)33(16-6-15-29)28(31-25)30-23-8-10-24(35-5)11-9-23/h7-12,19-21H,6,13-18,29H2,1-5H3,(H,30,31). The highest BCUT2D eigenvalue weighted by Gasteiger charge is 2.19. The van der Waals surface area contributed by atoms with Gasteiger partial charge in [-0.2, -0.15) is 0 Å². The van der Waals surface area contributed by atoms with E-state index in [0.717, 1.165) is 67.1 Å². The van der Waals surface area contributed by atoms with Gasteiger partial charge in [0.15, 0.2) is 0 Å². The maximum absolute atomic E-state index is 13.6. The SMILES string of the molecule is CSc1ccc(Nc2nc3ccc(C(=O)N(CCC(C)C)CCC(C)C)cc3n2CCCN)cc1. The van der Waals surface area contributed by atoms with Gasteiger partial charge in [0.05, 0.1) is 11.0 Å². The molecule has 0 fully saturated rings. The lowest BCUT2D eigenvalue weighted by Crippen LogP contribution is -2.34. The van der Waals surface area contributed by atoms with Gasteiger partial charge >= 0.3 is 0 Å². The van der Waals surface area contributed by atoms with Crippen molar-refractivity contribution in [2.45, 2.75) is 58.4 Å². The molecule has 1 amide bonds. The molecule has 3 N–H and O–H groups in total. The highest BCUT2D eigenvalue weighted by Crippen LogP contribution is 2.26. The van der Waals surface area contributed by atoms with Crippen LogP contribution in [-0.2, 0) is 6.54 Å². The number of rotatable bonds is 13. The lowest BCUT2D eigenvalue weighted by molar-refractivity contribution is 0.0741. The second kappa shape index (κ2) is 13.0. The monoisotopic (exact) mass is 495 g/mol. The van der Waals surface area contributed by atoms with E-state index in [2.05, 4.69) is 68.1 Å². The summed E-state index contributed by atoms with van der Waals surface area (Å²) in [5.74, 6) is 1.99. The Hall–Kier alpha value is -2.51. The average molecular weight is 496 g/mol. The number of aromatic nitrogens is 2. The third kappa shape index (κ3) is 7.48. The first-order chi connectivity index (χ1) is 16.8. The lowest BCUT2D eigenvalue weighted by atomic mass is 10.1. The van der Waals surface area contributed by atoms with E-state index >= 15 is 0 Å². The van der Waals surface area contributed by atoms with Crippen LogP contribution in [0.15, 0.2) is 47.4 Å². The summed E-state index contributed by atoms with van der Waals surface area (Å²) in [7, 11) is 0.